The molecule has 2 nitrogen and oxygen atoms in total. The van der Waals surface area contributed by atoms with Crippen molar-refractivity contribution >= 4 is 17.7 Å². The molecule has 0 saturated heterocycles. The topological polar surface area (TPSA) is 29.1 Å². The van der Waals surface area contributed by atoms with Gasteiger partial charge in [0.1, 0.15) is 0 Å². The molecule has 0 saturated carbocycles. The minimum atomic E-state index is 0.0645. The molecule has 0 unspecified atom stereocenters. The SMILES string of the molecule is CC(=O)NCCCSCCc1ccc(C)cc1. The third-order valence-corrected chi connectivity index (χ3v) is 3.57. The van der Waals surface area contributed by atoms with Crippen molar-refractivity contribution in [3.05, 3.63) is 35.4 Å². The Morgan fingerprint density at radius 1 is 1.24 bits per heavy atom. The molecule has 1 aromatic carbocycles. The molecule has 1 aromatic rings. The molecule has 0 heterocycles. The number of benzene rings is 1. The van der Waals surface area contributed by atoms with Crippen LogP contribution in [-0.4, -0.2) is 24.0 Å². The van der Waals surface area contributed by atoms with Gasteiger partial charge in [0.2, 0.25) is 5.91 Å². The van der Waals surface area contributed by atoms with E-state index in [0.29, 0.717) is 0 Å². The van der Waals surface area contributed by atoms with E-state index in [9.17, 15) is 4.79 Å². The second kappa shape index (κ2) is 8.18. The van der Waals surface area contributed by atoms with E-state index in [-0.39, 0.29) is 5.91 Å². The Labute approximate surface area is 108 Å². The quantitative estimate of drug-likeness (QED) is 0.755. The fourth-order valence-electron chi connectivity index (χ4n) is 1.49. The van der Waals surface area contributed by atoms with E-state index in [1.54, 1.807) is 6.92 Å². The van der Waals surface area contributed by atoms with Gasteiger partial charge in [-0.05, 0) is 36.8 Å². The fourth-order valence-corrected chi connectivity index (χ4v) is 2.42. The molecule has 0 spiro atoms. The van der Waals surface area contributed by atoms with Crippen molar-refractivity contribution in [2.24, 2.45) is 0 Å². The molecule has 0 aliphatic rings. The van der Waals surface area contributed by atoms with E-state index < -0.39 is 0 Å². The zero-order valence-electron chi connectivity index (χ0n) is 10.7. The van der Waals surface area contributed by atoms with Crippen LogP contribution in [0.2, 0.25) is 0 Å². The molecule has 0 aliphatic heterocycles. The summed E-state index contributed by atoms with van der Waals surface area (Å²) in [6.45, 7) is 4.47. The lowest BCUT2D eigenvalue weighted by atomic mass is 10.1. The largest absolute Gasteiger partial charge is 0.356 e. The molecule has 0 aliphatic carbocycles. The number of thioether (sulfide) groups is 1. The Bertz CT molecular complexity index is 335. The molecule has 1 rings (SSSR count). The van der Waals surface area contributed by atoms with Crippen LogP contribution in [0.3, 0.4) is 0 Å². The molecule has 0 atom stereocenters. The molecule has 0 radical (unpaired) electrons. The summed E-state index contributed by atoms with van der Waals surface area (Å²) >= 11 is 1.95. The lowest BCUT2D eigenvalue weighted by Gasteiger charge is -2.03. The second-order valence-corrected chi connectivity index (χ2v) is 5.41. The van der Waals surface area contributed by atoms with E-state index in [1.807, 2.05) is 11.8 Å². The van der Waals surface area contributed by atoms with Crippen molar-refractivity contribution in [2.75, 3.05) is 18.1 Å². The summed E-state index contributed by atoms with van der Waals surface area (Å²) in [4.78, 5) is 10.6. The lowest BCUT2D eigenvalue weighted by Crippen LogP contribution is -2.21. The Hall–Kier alpha value is -0.960. The smallest absolute Gasteiger partial charge is 0.216 e. The van der Waals surface area contributed by atoms with E-state index >= 15 is 0 Å². The van der Waals surface area contributed by atoms with Crippen molar-refractivity contribution in [1.82, 2.24) is 5.32 Å². The highest BCUT2D eigenvalue weighted by Gasteiger charge is 1.95. The van der Waals surface area contributed by atoms with Gasteiger partial charge >= 0.3 is 0 Å². The minimum Gasteiger partial charge on any atom is -0.356 e. The summed E-state index contributed by atoms with van der Waals surface area (Å²) in [5.41, 5.74) is 2.72. The number of amides is 1. The normalized spacial score (nSPS) is 10.2. The van der Waals surface area contributed by atoms with Gasteiger partial charge in [0.05, 0.1) is 0 Å². The van der Waals surface area contributed by atoms with Crippen LogP contribution in [0.1, 0.15) is 24.5 Å². The van der Waals surface area contributed by atoms with Crippen LogP contribution in [0.25, 0.3) is 0 Å². The average molecular weight is 251 g/mol. The summed E-state index contributed by atoms with van der Waals surface area (Å²) < 4.78 is 0. The maximum atomic E-state index is 10.6. The Morgan fingerprint density at radius 2 is 1.94 bits per heavy atom. The molecule has 0 bridgehead atoms. The molecule has 0 aromatic heterocycles. The van der Waals surface area contributed by atoms with Crippen LogP contribution in [0.5, 0.6) is 0 Å². The average Bonchev–Trinajstić information content (AvgIpc) is 2.30. The number of carbonyl (C=O) groups is 1. The van der Waals surface area contributed by atoms with Gasteiger partial charge in [-0.25, -0.2) is 0 Å². The Balaban J connectivity index is 2.01. The standard InChI is InChI=1S/C14H21NOS/c1-12-4-6-14(7-5-12)8-11-17-10-3-9-15-13(2)16/h4-7H,3,8-11H2,1-2H3,(H,15,16). The zero-order chi connectivity index (χ0) is 12.5. The van der Waals surface area contributed by atoms with Crippen LogP contribution >= 0.6 is 11.8 Å². The maximum absolute atomic E-state index is 10.6. The van der Waals surface area contributed by atoms with Gasteiger partial charge in [0, 0.05) is 13.5 Å². The highest BCUT2D eigenvalue weighted by Crippen LogP contribution is 2.09. The summed E-state index contributed by atoms with van der Waals surface area (Å²) in [7, 11) is 0. The molecule has 17 heavy (non-hydrogen) atoms. The van der Waals surface area contributed by atoms with Crippen molar-refractivity contribution in [3.8, 4) is 0 Å². The number of carbonyl (C=O) groups excluding carboxylic acids is 1. The van der Waals surface area contributed by atoms with Crippen molar-refractivity contribution in [1.29, 1.82) is 0 Å². The lowest BCUT2D eigenvalue weighted by molar-refractivity contribution is -0.118. The first-order valence-corrected chi connectivity index (χ1v) is 7.21. The van der Waals surface area contributed by atoms with Gasteiger partial charge < -0.3 is 5.32 Å². The third kappa shape index (κ3) is 7.05. The monoisotopic (exact) mass is 251 g/mol. The summed E-state index contributed by atoms with van der Waals surface area (Å²) in [5.74, 6) is 2.34. The first kappa shape index (κ1) is 14.1. The van der Waals surface area contributed by atoms with E-state index in [2.05, 4.69) is 36.5 Å². The molecular formula is C14H21NOS. The third-order valence-electron chi connectivity index (χ3n) is 2.50. The molecular weight excluding hydrogens is 230 g/mol. The summed E-state index contributed by atoms with van der Waals surface area (Å²) in [6.07, 6.45) is 2.18. The summed E-state index contributed by atoms with van der Waals surface area (Å²) in [5, 5.41) is 2.81. The predicted octanol–water partition coefficient (Wildman–Crippen LogP) is 2.80. The highest BCUT2D eigenvalue weighted by atomic mass is 32.2. The predicted molar refractivity (Wildman–Crippen MR) is 75.5 cm³/mol. The molecule has 94 valence electrons. The maximum Gasteiger partial charge on any atom is 0.216 e. The van der Waals surface area contributed by atoms with Crippen LogP contribution in [0.15, 0.2) is 24.3 Å². The zero-order valence-corrected chi connectivity index (χ0v) is 11.5. The number of hydrogen-bond acceptors (Lipinski definition) is 2. The Kier molecular flexibility index (Phi) is 6.78. The van der Waals surface area contributed by atoms with Crippen molar-refractivity contribution in [2.45, 2.75) is 26.7 Å². The van der Waals surface area contributed by atoms with Crippen molar-refractivity contribution < 1.29 is 4.79 Å². The highest BCUT2D eigenvalue weighted by molar-refractivity contribution is 7.99. The van der Waals surface area contributed by atoms with Gasteiger partial charge in [-0.1, -0.05) is 29.8 Å². The van der Waals surface area contributed by atoms with Gasteiger partial charge in [0.25, 0.3) is 0 Å². The number of nitrogens with one attached hydrogen (secondary N) is 1. The molecule has 1 amide bonds. The number of rotatable bonds is 7. The van der Waals surface area contributed by atoms with Gasteiger partial charge in [-0.2, -0.15) is 11.8 Å². The van der Waals surface area contributed by atoms with Crippen LogP contribution in [0.4, 0.5) is 0 Å². The van der Waals surface area contributed by atoms with Crippen LogP contribution in [-0.2, 0) is 11.2 Å². The first-order chi connectivity index (χ1) is 8.18. The van der Waals surface area contributed by atoms with Crippen molar-refractivity contribution in [3.63, 3.8) is 0 Å². The number of hydrogen-bond donors (Lipinski definition) is 1. The minimum absolute atomic E-state index is 0.0645. The molecule has 0 fully saturated rings. The van der Waals surface area contributed by atoms with Crippen LogP contribution in [0, 0.1) is 6.92 Å². The fraction of sp³-hybridized carbons (Fsp3) is 0.500. The summed E-state index contributed by atoms with van der Waals surface area (Å²) in [6, 6.07) is 8.73. The van der Waals surface area contributed by atoms with Crippen LogP contribution < -0.4 is 5.32 Å². The Morgan fingerprint density at radius 3 is 2.59 bits per heavy atom. The molecule has 3 heteroatoms. The van der Waals surface area contributed by atoms with E-state index in [0.717, 1.165) is 30.9 Å². The second-order valence-electron chi connectivity index (χ2n) is 4.18. The van der Waals surface area contributed by atoms with Gasteiger partial charge in [-0.3, -0.25) is 4.79 Å². The van der Waals surface area contributed by atoms with Gasteiger partial charge in [0.15, 0.2) is 0 Å². The van der Waals surface area contributed by atoms with E-state index in [1.165, 1.54) is 11.1 Å². The van der Waals surface area contributed by atoms with Gasteiger partial charge in [-0.15, -0.1) is 0 Å². The number of aryl methyl sites for hydroxylation is 2. The first-order valence-electron chi connectivity index (χ1n) is 6.06. The van der Waals surface area contributed by atoms with E-state index in [4.69, 9.17) is 0 Å². The molecule has 1 N–H and O–H groups in total.